The van der Waals surface area contributed by atoms with Crippen LogP contribution in [0.5, 0.6) is 0 Å². The highest BCUT2D eigenvalue weighted by Crippen LogP contribution is 2.18. The number of carbonyl (C=O) groups is 1. The standard InChI is InChI=1S/C10H20N2O/c1-10(2,3)8-12-7-5-6-11(4)9(12)13/h5-8H2,1-4H3. The SMILES string of the molecule is CN1CCCN(CC(C)(C)C)C1=O. The van der Waals surface area contributed by atoms with E-state index in [1.54, 1.807) is 4.90 Å². The summed E-state index contributed by atoms with van der Waals surface area (Å²) < 4.78 is 0. The number of hydrogen-bond acceptors (Lipinski definition) is 1. The van der Waals surface area contributed by atoms with Crippen LogP contribution in [0.15, 0.2) is 0 Å². The Balaban J connectivity index is 2.54. The van der Waals surface area contributed by atoms with Gasteiger partial charge in [0, 0.05) is 26.7 Å². The molecule has 0 atom stereocenters. The zero-order chi connectivity index (χ0) is 10.1. The minimum Gasteiger partial charge on any atom is -0.328 e. The molecule has 0 spiro atoms. The van der Waals surface area contributed by atoms with Crippen molar-refractivity contribution in [1.29, 1.82) is 0 Å². The van der Waals surface area contributed by atoms with Gasteiger partial charge in [0.05, 0.1) is 0 Å². The fourth-order valence-corrected chi connectivity index (χ4v) is 1.65. The first kappa shape index (κ1) is 10.4. The molecule has 2 amide bonds. The fourth-order valence-electron chi connectivity index (χ4n) is 1.65. The van der Waals surface area contributed by atoms with Crippen LogP contribution in [-0.4, -0.2) is 42.5 Å². The Morgan fingerprint density at radius 1 is 1.31 bits per heavy atom. The molecule has 1 rings (SSSR count). The molecule has 0 aliphatic carbocycles. The lowest BCUT2D eigenvalue weighted by Gasteiger charge is -2.37. The van der Waals surface area contributed by atoms with E-state index in [2.05, 4.69) is 20.8 Å². The normalized spacial score (nSPS) is 19.5. The smallest absolute Gasteiger partial charge is 0.319 e. The third-order valence-electron chi connectivity index (χ3n) is 2.18. The molecule has 3 nitrogen and oxygen atoms in total. The van der Waals surface area contributed by atoms with Crippen molar-refractivity contribution in [2.45, 2.75) is 27.2 Å². The molecule has 3 heteroatoms. The molecule has 0 radical (unpaired) electrons. The van der Waals surface area contributed by atoms with Gasteiger partial charge < -0.3 is 9.80 Å². The highest BCUT2D eigenvalue weighted by molar-refractivity contribution is 5.74. The summed E-state index contributed by atoms with van der Waals surface area (Å²) in [5.41, 5.74) is 0.202. The summed E-state index contributed by atoms with van der Waals surface area (Å²) in [6.45, 7) is 9.16. The Hall–Kier alpha value is -0.730. The van der Waals surface area contributed by atoms with Gasteiger partial charge in [0.25, 0.3) is 0 Å². The summed E-state index contributed by atoms with van der Waals surface area (Å²) in [7, 11) is 1.87. The molecular formula is C10H20N2O. The van der Waals surface area contributed by atoms with Crippen LogP contribution in [-0.2, 0) is 0 Å². The molecule has 0 aromatic rings. The molecule has 1 heterocycles. The molecule has 1 aliphatic heterocycles. The maximum atomic E-state index is 11.7. The second kappa shape index (κ2) is 3.56. The van der Waals surface area contributed by atoms with E-state index in [-0.39, 0.29) is 11.4 Å². The molecule has 0 N–H and O–H groups in total. The van der Waals surface area contributed by atoms with Gasteiger partial charge >= 0.3 is 6.03 Å². The van der Waals surface area contributed by atoms with Gasteiger partial charge in [-0.2, -0.15) is 0 Å². The Labute approximate surface area is 80.7 Å². The number of hydrogen-bond donors (Lipinski definition) is 0. The predicted octanol–water partition coefficient (Wildman–Crippen LogP) is 1.79. The molecule has 1 aliphatic rings. The van der Waals surface area contributed by atoms with Crippen LogP contribution in [0.4, 0.5) is 4.79 Å². The summed E-state index contributed by atoms with van der Waals surface area (Å²) in [4.78, 5) is 15.4. The summed E-state index contributed by atoms with van der Waals surface area (Å²) in [5, 5.41) is 0. The van der Waals surface area contributed by atoms with Gasteiger partial charge in [0.15, 0.2) is 0 Å². The van der Waals surface area contributed by atoms with Crippen molar-refractivity contribution >= 4 is 6.03 Å². The van der Waals surface area contributed by atoms with Crippen LogP contribution >= 0.6 is 0 Å². The number of nitrogens with zero attached hydrogens (tertiary/aromatic N) is 2. The lowest BCUT2D eigenvalue weighted by atomic mass is 9.96. The van der Waals surface area contributed by atoms with Crippen molar-refractivity contribution in [3.05, 3.63) is 0 Å². The first-order chi connectivity index (χ1) is 5.90. The second-order valence-electron chi connectivity index (χ2n) is 5.04. The molecule has 0 aromatic carbocycles. The summed E-state index contributed by atoms with van der Waals surface area (Å²) >= 11 is 0. The minimum absolute atomic E-state index is 0.182. The van der Waals surface area contributed by atoms with Gasteiger partial charge in [-0.3, -0.25) is 0 Å². The first-order valence-corrected chi connectivity index (χ1v) is 4.90. The lowest BCUT2D eigenvalue weighted by Crippen LogP contribution is -2.49. The van der Waals surface area contributed by atoms with Crippen molar-refractivity contribution in [1.82, 2.24) is 9.80 Å². The van der Waals surface area contributed by atoms with E-state index in [1.165, 1.54) is 0 Å². The van der Waals surface area contributed by atoms with Crippen molar-refractivity contribution in [2.75, 3.05) is 26.7 Å². The summed E-state index contributed by atoms with van der Waals surface area (Å²) in [5.74, 6) is 0. The Bertz CT molecular complexity index is 196. The maximum absolute atomic E-state index is 11.7. The predicted molar refractivity (Wildman–Crippen MR) is 53.7 cm³/mol. The molecule has 0 saturated carbocycles. The molecule has 0 unspecified atom stereocenters. The van der Waals surface area contributed by atoms with E-state index in [0.29, 0.717) is 0 Å². The van der Waals surface area contributed by atoms with Crippen LogP contribution < -0.4 is 0 Å². The number of rotatable bonds is 1. The van der Waals surface area contributed by atoms with Gasteiger partial charge in [-0.05, 0) is 11.8 Å². The van der Waals surface area contributed by atoms with Crippen LogP contribution in [0, 0.1) is 5.41 Å². The molecule has 1 fully saturated rings. The third kappa shape index (κ3) is 2.90. The van der Waals surface area contributed by atoms with Gasteiger partial charge in [0.1, 0.15) is 0 Å². The van der Waals surface area contributed by atoms with Crippen molar-refractivity contribution in [2.24, 2.45) is 5.41 Å². The van der Waals surface area contributed by atoms with Crippen molar-refractivity contribution < 1.29 is 4.79 Å². The Kier molecular flexibility index (Phi) is 2.84. The molecule has 1 saturated heterocycles. The Morgan fingerprint density at radius 2 is 1.92 bits per heavy atom. The largest absolute Gasteiger partial charge is 0.328 e. The summed E-state index contributed by atoms with van der Waals surface area (Å²) in [6.07, 6.45) is 1.10. The summed E-state index contributed by atoms with van der Waals surface area (Å²) in [6, 6.07) is 0.182. The number of carbonyl (C=O) groups excluding carboxylic acids is 1. The van der Waals surface area contributed by atoms with Crippen LogP contribution in [0.2, 0.25) is 0 Å². The van der Waals surface area contributed by atoms with Gasteiger partial charge in [-0.25, -0.2) is 4.79 Å². The fraction of sp³-hybridized carbons (Fsp3) is 0.900. The topological polar surface area (TPSA) is 23.6 Å². The van der Waals surface area contributed by atoms with Crippen molar-refractivity contribution in [3.8, 4) is 0 Å². The van der Waals surface area contributed by atoms with E-state index in [4.69, 9.17) is 0 Å². The zero-order valence-corrected chi connectivity index (χ0v) is 9.13. The van der Waals surface area contributed by atoms with Crippen LogP contribution in [0.1, 0.15) is 27.2 Å². The average molecular weight is 184 g/mol. The van der Waals surface area contributed by atoms with E-state index < -0.39 is 0 Å². The minimum atomic E-state index is 0.182. The molecular weight excluding hydrogens is 164 g/mol. The van der Waals surface area contributed by atoms with E-state index >= 15 is 0 Å². The second-order valence-corrected chi connectivity index (χ2v) is 5.04. The van der Waals surface area contributed by atoms with E-state index in [9.17, 15) is 4.79 Å². The van der Waals surface area contributed by atoms with E-state index in [0.717, 1.165) is 26.1 Å². The van der Waals surface area contributed by atoms with Crippen LogP contribution in [0.25, 0.3) is 0 Å². The van der Waals surface area contributed by atoms with E-state index in [1.807, 2.05) is 11.9 Å². The third-order valence-corrected chi connectivity index (χ3v) is 2.18. The average Bonchev–Trinajstić information content (AvgIpc) is 1.96. The quantitative estimate of drug-likeness (QED) is 0.609. The molecule has 13 heavy (non-hydrogen) atoms. The van der Waals surface area contributed by atoms with Crippen LogP contribution in [0.3, 0.4) is 0 Å². The van der Waals surface area contributed by atoms with Gasteiger partial charge in [-0.15, -0.1) is 0 Å². The molecule has 76 valence electrons. The monoisotopic (exact) mass is 184 g/mol. The first-order valence-electron chi connectivity index (χ1n) is 4.90. The molecule has 0 bridgehead atoms. The Morgan fingerprint density at radius 3 is 2.46 bits per heavy atom. The van der Waals surface area contributed by atoms with Crippen molar-refractivity contribution in [3.63, 3.8) is 0 Å². The number of amides is 2. The highest BCUT2D eigenvalue weighted by Gasteiger charge is 2.26. The maximum Gasteiger partial charge on any atom is 0.319 e. The molecule has 0 aromatic heterocycles. The van der Waals surface area contributed by atoms with Gasteiger partial charge in [0.2, 0.25) is 0 Å². The zero-order valence-electron chi connectivity index (χ0n) is 9.13. The highest BCUT2D eigenvalue weighted by atomic mass is 16.2. The number of urea groups is 1. The van der Waals surface area contributed by atoms with Gasteiger partial charge in [-0.1, -0.05) is 20.8 Å². The lowest BCUT2D eigenvalue weighted by molar-refractivity contribution is 0.121.